The average molecular weight is 313 g/mol. The number of carbonyl (C=O) groups excluding carboxylic acids is 2. The number of alkyl halides is 1. The summed E-state index contributed by atoms with van der Waals surface area (Å²) >= 11 is 0. The lowest BCUT2D eigenvalue weighted by atomic mass is 10.1. The third-order valence-electron chi connectivity index (χ3n) is 2.56. The van der Waals surface area contributed by atoms with E-state index in [1.165, 1.54) is 19.1 Å². The van der Waals surface area contributed by atoms with Gasteiger partial charge in [-0.15, -0.1) is 0 Å². The summed E-state index contributed by atoms with van der Waals surface area (Å²) < 4.78 is 18.7. The van der Waals surface area contributed by atoms with E-state index in [0.717, 1.165) is 0 Å². The molecule has 0 aliphatic carbocycles. The Labute approximate surface area is 126 Å². The molecule has 0 aliphatic rings. The number of benzene rings is 1. The number of hydrogen-bond acceptors (Lipinski definition) is 3. The second kappa shape index (κ2) is 6.52. The molecular formula is C15H21FNO3P. The molecule has 21 heavy (non-hydrogen) atoms. The minimum Gasteiger partial charge on any atom is -0.444 e. The summed E-state index contributed by atoms with van der Waals surface area (Å²) in [4.78, 5) is 23.3. The fourth-order valence-corrected chi connectivity index (χ4v) is 1.74. The van der Waals surface area contributed by atoms with Crippen LogP contribution in [0.1, 0.15) is 43.6 Å². The van der Waals surface area contributed by atoms with Crippen LogP contribution in [0, 0.1) is 0 Å². The highest BCUT2D eigenvalue weighted by Crippen LogP contribution is 2.32. The maximum absolute atomic E-state index is 13.7. The molecule has 1 aromatic rings. The number of hydrogen-bond donors (Lipinski definition) is 1. The molecule has 0 saturated heterocycles. The van der Waals surface area contributed by atoms with Gasteiger partial charge in [0.1, 0.15) is 11.0 Å². The van der Waals surface area contributed by atoms with E-state index in [1.807, 2.05) is 0 Å². The van der Waals surface area contributed by atoms with Gasteiger partial charge in [0.25, 0.3) is 0 Å². The molecule has 0 bridgehead atoms. The van der Waals surface area contributed by atoms with Crippen molar-refractivity contribution >= 4 is 21.1 Å². The molecule has 0 aliphatic heterocycles. The minimum absolute atomic E-state index is 0.165. The predicted octanol–water partition coefficient (Wildman–Crippen LogP) is 3.41. The molecule has 0 radical (unpaired) electrons. The van der Waals surface area contributed by atoms with Crippen molar-refractivity contribution in [1.82, 2.24) is 5.32 Å². The number of ketones is 1. The molecule has 1 amide bonds. The van der Waals surface area contributed by atoms with Gasteiger partial charge in [-0.3, -0.25) is 4.79 Å². The summed E-state index contributed by atoms with van der Waals surface area (Å²) in [6.07, 6.45) is -0.645. The second-order valence-electron chi connectivity index (χ2n) is 5.93. The van der Waals surface area contributed by atoms with Crippen LogP contribution >= 0.6 is 9.24 Å². The Bertz CT molecular complexity index is 515. The van der Waals surface area contributed by atoms with E-state index in [0.29, 0.717) is 11.1 Å². The summed E-state index contributed by atoms with van der Waals surface area (Å²) in [5.74, 6) is -0.267. The van der Waals surface area contributed by atoms with Gasteiger partial charge < -0.3 is 10.1 Å². The van der Waals surface area contributed by atoms with Crippen LogP contribution < -0.4 is 5.32 Å². The lowest BCUT2D eigenvalue weighted by molar-refractivity contribution is 0.0520. The molecule has 0 aromatic heterocycles. The van der Waals surface area contributed by atoms with Crippen LogP contribution in [0.4, 0.5) is 9.18 Å². The first-order chi connectivity index (χ1) is 9.49. The van der Waals surface area contributed by atoms with Crippen molar-refractivity contribution in [1.29, 1.82) is 0 Å². The maximum atomic E-state index is 13.7. The highest BCUT2D eigenvalue weighted by molar-refractivity contribution is 7.18. The van der Waals surface area contributed by atoms with E-state index in [-0.39, 0.29) is 12.3 Å². The van der Waals surface area contributed by atoms with Crippen molar-refractivity contribution in [3.63, 3.8) is 0 Å². The van der Waals surface area contributed by atoms with E-state index in [2.05, 4.69) is 14.6 Å². The molecule has 0 fully saturated rings. The number of Topliss-reactive ketones (excluding diaryl/α,β-unsaturated/α-hetero) is 1. The van der Waals surface area contributed by atoms with Gasteiger partial charge >= 0.3 is 6.09 Å². The molecule has 1 aromatic carbocycles. The predicted molar refractivity (Wildman–Crippen MR) is 83.2 cm³/mol. The second-order valence-corrected chi connectivity index (χ2v) is 7.02. The van der Waals surface area contributed by atoms with Crippen molar-refractivity contribution in [3.05, 3.63) is 35.4 Å². The smallest absolute Gasteiger partial charge is 0.408 e. The highest BCUT2D eigenvalue weighted by atomic mass is 31.0. The normalized spacial score (nSPS) is 14.2. The maximum Gasteiger partial charge on any atom is 0.408 e. The summed E-state index contributed by atoms with van der Waals surface area (Å²) in [7, 11) is 2.10. The van der Waals surface area contributed by atoms with Crippen molar-refractivity contribution in [2.24, 2.45) is 0 Å². The lowest BCUT2D eigenvalue weighted by Crippen LogP contribution is -2.35. The van der Waals surface area contributed by atoms with E-state index in [4.69, 9.17) is 4.74 Å². The Balaban J connectivity index is 2.59. The molecule has 2 atom stereocenters. The van der Waals surface area contributed by atoms with Gasteiger partial charge in [0.15, 0.2) is 5.78 Å². The van der Waals surface area contributed by atoms with Gasteiger partial charge in [-0.2, -0.15) is 0 Å². The Kier molecular flexibility index (Phi) is 5.46. The van der Waals surface area contributed by atoms with Crippen LogP contribution in [0.2, 0.25) is 0 Å². The van der Waals surface area contributed by atoms with E-state index >= 15 is 0 Å². The van der Waals surface area contributed by atoms with Crippen molar-refractivity contribution < 1.29 is 18.7 Å². The molecular weight excluding hydrogens is 292 g/mol. The van der Waals surface area contributed by atoms with Crippen LogP contribution in [-0.2, 0) is 10.1 Å². The van der Waals surface area contributed by atoms with Crippen LogP contribution in [0.15, 0.2) is 24.3 Å². The van der Waals surface area contributed by atoms with Crippen LogP contribution in [0.3, 0.4) is 0 Å². The Morgan fingerprint density at radius 2 is 1.71 bits per heavy atom. The van der Waals surface area contributed by atoms with E-state index < -0.39 is 17.1 Å². The number of ether oxygens (including phenoxy) is 1. The number of nitrogens with one attached hydrogen (secondary N) is 1. The van der Waals surface area contributed by atoms with E-state index in [1.54, 1.807) is 32.9 Å². The third-order valence-corrected chi connectivity index (χ3v) is 2.90. The molecule has 4 nitrogen and oxygen atoms in total. The molecule has 1 rings (SSSR count). The topological polar surface area (TPSA) is 55.4 Å². The SMILES string of the molecule is CC(C)(C)OC(=O)NCC(=O)c1ccc(C(C)(F)P)cc1. The number of carbonyl (C=O) groups is 2. The van der Waals surface area contributed by atoms with Crippen LogP contribution in [0.25, 0.3) is 0 Å². The van der Waals surface area contributed by atoms with Gasteiger partial charge in [0.2, 0.25) is 0 Å². The zero-order chi connectivity index (χ0) is 16.3. The zero-order valence-electron chi connectivity index (χ0n) is 12.7. The standard InChI is InChI=1S/C15H21FNO3P/c1-14(2,3)20-13(19)17-9-12(18)10-5-7-11(8-6-10)15(4,16)21/h5-8H,9,21H2,1-4H3,(H,17,19). The van der Waals surface area contributed by atoms with Crippen molar-refractivity contribution in [2.75, 3.05) is 6.54 Å². The molecule has 1 N–H and O–H groups in total. The lowest BCUT2D eigenvalue weighted by Gasteiger charge is -2.19. The van der Waals surface area contributed by atoms with Crippen LogP contribution in [0.5, 0.6) is 0 Å². The fraction of sp³-hybridized carbons (Fsp3) is 0.467. The van der Waals surface area contributed by atoms with Gasteiger partial charge in [-0.25, -0.2) is 9.18 Å². The van der Waals surface area contributed by atoms with Gasteiger partial charge in [0.05, 0.1) is 6.54 Å². The number of alkyl carbamates (subject to hydrolysis) is 1. The molecule has 0 saturated carbocycles. The largest absolute Gasteiger partial charge is 0.444 e. The first kappa shape index (κ1) is 17.6. The van der Waals surface area contributed by atoms with Gasteiger partial charge in [-0.1, -0.05) is 33.5 Å². The van der Waals surface area contributed by atoms with Crippen molar-refractivity contribution in [3.8, 4) is 0 Å². The Morgan fingerprint density at radius 3 is 2.14 bits per heavy atom. The molecule has 0 spiro atoms. The minimum atomic E-state index is -1.53. The summed E-state index contributed by atoms with van der Waals surface area (Å²) in [5, 5.41) is 0.862. The van der Waals surface area contributed by atoms with Gasteiger partial charge in [-0.05, 0) is 33.3 Å². The van der Waals surface area contributed by atoms with Gasteiger partial charge in [0, 0.05) is 5.56 Å². The molecule has 6 heteroatoms. The first-order valence-electron chi connectivity index (χ1n) is 6.57. The Hall–Kier alpha value is -1.48. The third kappa shape index (κ3) is 6.21. The molecule has 116 valence electrons. The number of rotatable bonds is 4. The number of halogens is 1. The quantitative estimate of drug-likeness (QED) is 0.684. The van der Waals surface area contributed by atoms with E-state index in [9.17, 15) is 14.0 Å². The highest BCUT2D eigenvalue weighted by Gasteiger charge is 2.20. The molecule has 0 heterocycles. The van der Waals surface area contributed by atoms with Crippen LogP contribution in [-0.4, -0.2) is 24.0 Å². The number of amides is 1. The first-order valence-corrected chi connectivity index (χ1v) is 7.15. The summed E-state index contributed by atoms with van der Waals surface area (Å²) in [6, 6.07) is 6.17. The Morgan fingerprint density at radius 1 is 1.19 bits per heavy atom. The fourth-order valence-electron chi connectivity index (χ4n) is 1.55. The monoisotopic (exact) mass is 313 g/mol. The summed E-state index contributed by atoms with van der Waals surface area (Å²) in [6.45, 7) is 6.47. The zero-order valence-corrected chi connectivity index (χ0v) is 13.9. The molecule has 2 unspecified atom stereocenters. The average Bonchev–Trinajstić information content (AvgIpc) is 2.33. The van der Waals surface area contributed by atoms with Crippen molar-refractivity contribution in [2.45, 2.75) is 38.7 Å². The summed E-state index contributed by atoms with van der Waals surface area (Å²) in [5.41, 5.74) is 0.257.